The monoisotopic (exact) mass is 257 g/mol. The number of H-pyrrole nitrogens is 1. The van der Waals surface area contributed by atoms with Gasteiger partial charge < -0.3 is 4.90 Å². The van der Waals surface area contributed by atoms with E-state index in [0.717, 1.165) is 24.4 Å². The zero-order chi connectivity index (χ0) is 13.2. The summed E-state index contributed by atoms with van der Waals surface area (Å²) in [7, 11) is 0. The molecule has 3 heterocycles. The summed E-state index contributed by atoms with van der Waals surface area (Å²) in [5, 5.41) is 6.92. The number of nitrogens with zero attached hydrogens (tertiary/aromatic N) is 4. The number of hydrogen-bond acceptors (Lipinski definition) is 4. The fourth-order valence-electron chi connectivity index (χ4n) is 2.36. The third kappa shape index (κ3) is 2.33. The lowest BCUT2D eigenvalue weighted by Crippen LogP contribution is -2.29. The SMILES string of the molecule is Cc1cnc(C(=O)N2CC[C@H](c3ccn[nH]3)C2)cn1. The minimum atomic E-state index is -0.0467. The Morgan fingerprint density at radius 1 is 1.42 bits per heavy atom. The highest BCUT2D eigenvalue weighted by atomic mass is 16.2. The third-order valence-corrected chi connectivity index (χ3v) is 3.44. The second kappa shape index (κ2) is 4.79. The number of likely N-dealkylation sites (tertiary alicyclic amines) is 1. The summed E-state index contributed by atoms with van der Waals surface area (Å²) in [5.74, 6) is 0.291. The molecule has 6 nitrogen and oxygen atoms in total. The van der Waals surface area contributed by atoms with Gasteiger partial charge in [0.25, 0.3) is 5.91 Å². The van der Waals surface area contributed by atoms with E-state index < -0.39 is 0 Å². The Bertz CT molecular complexity index is 563. The number of hydrogen-bond donors (Lipinski definition) is 1. The van der Waals surface area contributed by atoms with Crippen LogP contribution < -0.4 is 0 Å². The van der Waals surface area contributed by atoms with Crippen LogP contribution in [-0.2, 0) is 0 Å². The van der Waals surface area contributed by atoms with Crippen molar-refractivity contribution in [2.75, 3.05) is 13.1 Å². The van der Waals surface area contributed by atoms with Crippen LogP contribution in [0.25, 0.3) is 0 Å². The maximum absolute atomic E-state index is 12.3. The predicted molar refractivity (Wildman–Crippen MR) is 68.6 cm³/mol. The molecule has 0 saturated carbocycles. The summed E-state index contributed by atoms with van der Waals surface area (Å²) >= 11 is 0. The van der Waals surface area contributed by atoms with E-state index in [1.54, 1.807) is 18.6 Å². The molecule has 19 heavy (non-hydrogen) atoms. The van der Waals surface area contributed by atoms with Gasteiger partial charge in [-0.25, -0.2) is 4.98 Å². The molecule has 6 heteroatoms. The van der Waals surface area contributed by atoms with Crippen molar-refractivity contribution in [1.82, 2.24) is 25.1 Å². The Hall–Kier alpha value is -2.24. The summed E-state index contributed by atoms with van der Waals surface area (Å²) in [6.45, 7) is 3.31. The van der Waals surface area contributed by atoms with Crippen LogP contribution in [0.2, 0.25) is 0 Å². The Morgan fingerprint density at radius 2 is 2.32 bits per heavy atom. The van der Waals surface area contributed by atoms with Gasteiger partial charge in [0.1, 0.15) is 5.69 Å². The molecule has 1 N–H and O–H groups in total. The van der Waals surface area contributed by atoms with E-state index >= 15 is 0 Å². The number of aryl methyl sites for hydroxylation is 1. The van der Waals surface area contributed by atoms with Gasteiger partial charge in [0.2, 0.25) is 0 Å². The van der Waals surface area contributed by atoms with Crippen LogP contribution in [-0.4, -0.2) is 44.1 Å². The summed E-state index contributed by atoms with van der Waals surface area (Å²) in [5.41, 5.74) is 2.31. The Kier molecular flexibility index (Phi) is 2.98. The standard InChI is InChI=1S/C13H15N5O/c1-9-6-15-12(7-14-9)13(19)18-5-3-10(8-18)11-2-4-16-17-11/h2,4,6-7,10H,3,5,8H2,1H3,(H,16,17)/t10-/m0/s1. The molecule has 0 aliphatic carbocycles. The predicted octanol–water partition coefficient (Wildman–Crippen LogP) is 1.14. The van der Waals surface area contributed by atoms with Gasteiger partial charge in [-0.1, -0.05) is 0 Å². The molecule has 0 radical (unpaired) electrons. The largest absolute Gasteiger partial charge is 0.337 e. The van der Waals surface area contributed by atoms with Crippen LogP contribution in [0.3, 0.4) is 0 Å². The fraction of sp³-hybridized carbons (Fsp3) is 0.385. The molecule has 1 aliphatic heterocycles. The molecule has 1 aliphatic rings. The van der Waals surface area contributed by atoms with Crippen LogP contribution >= 0.6 is 0 Å². The van der Waals surface area contributed by atoms with Gasteiger partial charge in [0, 0.05) is 37.1 Å². The van der Waals surface area contributed by atoms with Gasteiger partial charge in [-0.2, -0.15) is 5.10 Å². The second-order valence-electron chi connectivity index (χ2n) is 4.79. The van der Waals surface area contributed by atoms with Crippen molar-refractivity contribution in [1.29, 1.82) is 0 Å². The zero-order valence-corrected chi connectivity index (χ0v) is 10.7. The molecule has 1 amide bonds. The van der Waals surface area contributed by atoms with E-state index in [1.165, 1.54) is 0 Å². The maximum atomic E-state index is 12.3. The van der Waals surface area contributed by atoms with Crippen molar-refractivity contribution in [2.24, 2.45) is 0 Å². The third-order valence-electron chi connectivity index (χ3n) is 3.44. The Morgan fingerprint density at radius 3 is 3.00 bits per heavy atom. The first kappa shape index (κ1) is 11.8. The number of rotatable bonds is 2. The summed E-state index contributed by atoms with van der Waals surface area (Å²) in [6.07, 6.45) is 5.86. The van der Waals surface area contributed by atoms with Crippen LogP contribution in [0.15, 0.2) is 24.7 Å². The van der Waals surface area contributed by atoms with E-state index in [4.69, 9.17) is 0 Å². The molecule has 2 aromatic rings. The Labute approximate surface area is 110 Å². The summed E-state index contributed by atoms with van der Waals surface area (Å²) in [6, 6.07) is 1.96. The van der Waals surface area contributed by atoms with Gasteiger partial charge in [0.05, 0.1) is 11.9 Å². The van der Waals surface area contributed by atoms with E-state index in [0.29, 0.717) is 18.2 Å². The van der Waals surface area contributed by atoms with Gasteiger partial charge in [-0.05, 0) is 19.4 Å². The van der Waals surface area contributed by atoms with E-state index in [1.807, 2.05) is 17.9 Å². The molecule has 98 valence electrons. The first-order valence-corrected chi connectivity index (χ1v) is 6.31. The van der Waals surface area contributed by atoms with Crippen LogP contribution in [0.4, 0.5) is 0 Å². The topological polar surface area (TPSA) is 74.8 Å². The number of aromatic nitrogens is 4. The smallest absolute Gasteiger partial charge is 0.274 e. The molecular formula is C13H15N5O. The Balaban J connectivity index is 1.71. The lowest BCUT2D eigenvalue weighted by molar-refractivity contribution is 0.0784. The van der Waals surface area contributed by atoms with Crippen molar-refractivity contribution in [2.45, 2.75) is 19.3 Å². The molecule has 3 rings (SSSR count). The highest BCUT2D eigenvalue weighted by Gasteiger charge is 2.29. The quantitative estimate of drug-likeness (QED) is 0.875. The molecule has 1 saturated heterocycles. The minimum absolute atomic E-state index is 0.0467. The van der Waals surface area contributed by atoms with E-state index in [2.05, 4.69) is 20.2 Å². The zero-order valence-electron chi connectivity index (χ0n) is 10.7. The van der Waals surface area contributed by atoms with Gasteiger partial charge in [-0.3, -0.25) is 14.9 Å². The van der Waals surface area contributed by atoms with Crippen molar-refractivity contribution in [3.05, 3.63) is 41.7 Å². The highest BCUT2D eigenvalue weighted by molar-refractivity contribution is 5.92. The molecule has 1 atom stereocenters. The second-order valence-corrected chi connectivity index (χ2v) is 4.79. The van der Waals surface area contributed by atoms with Crippen molar-refractivity contribution in [3.8, 4) is 0 Å². The number of carbonyl (C=O) groups is 1. The molecule has 0 aromatic carbocycles. The van der Waals surface area contributed by atoms with E-state index in [-0.39, 0.29) is 5.91 Å². The molecular weight excluding hydrogens is 242 g/mol. The molecule has 0 spiro atoms. The maximum Gasteiger partial charge on any atom is 0.274 e. The first-order chi connectivity index (χ1) is 9.24. The number of aromatic amines is 1. The summed E-state index contributed by atoms with van der Waals surface area (Å²) in [4.78, 5) is 22.3. The van der Waals surface area contributed by atoms with Crippen LogP contribution in [0.5, 0.6) is 0 Å². The van der Waals surface area contributed by atoms with Gasteiger partial charge >= 0.3 is 0 Å². The van der Waals surface area contributed by atoms with Crippen molar-refractivity contribution < 1.29 is 4.79 Å². The van der Waals surface area contributed by atoms with Gasteiger partial charge in [0.15, 0.2) is 0 Å². The fourth-order valence-corrected chi connectivity index (χ4v) is 2.36. The number of nitrogens with one attached hydrogen (secondary N) is 1. The lowest BCUT2D eigenvalue weighted by Gasteiger charge is -2.15. The van der Waals surface area contributed by atoms with Crippen molar-refractivity contribution >= 4 is 5.91 Å². The summed E-state index contributed by atoms with van der Waals surface area (Å²) < 4.78 is 0. The average molecular weight is 257 g/mol. The minimum Gasteiger partial charge on any atom is -0.337 e. The lowest BCUT2D eigenvalue weighted by atomic mass is 10.1. The van der Waals surface area contributed by atoms with Crippen molar-refractivity contribution in [3.63, 3.8) is 0 Å². The van der Waals surface area contributed by atoms with Crippen LogP contribution in [0, 0.1) is 6.92 Å². The molecule has 0 unspecified atom stereocenters. The highest BCUT2D eigenvalue weighted by Crippen LogP contribution is 2.26. The van der Waals surface area contributed by atoms with Crippen LogP contribution in [0.1, 0.15) is 34.2 Å². The van der Waals surface area contributed by atoms with Gasteiger partial charge in [-0.15, -0.1) is 0 Å². The average Bonchev–Trinajstić information content (AvgIpc) is 3.10. The number of carbonyl (C=O) groups excluding carboxylic acids is 1. The molecule has 2 aromatic heterocycles. The van der Waals surface area contributed by atoms with E-state index in [9.17, 15) is 4.79 Å². The first-order valence-electron chi connectivity index (χ1n) is 6.31. The number of amides is 1. The molecule has 0 bridgehead atoms. The normalized spacial score (nSPS) is 18.8. The molecule has 1 fully saturated rings.